The Morgan fingerprint density at radius 2 is 1.93 bits per heavy atom. The number of carbonyl (C=O) groups is 1. The standard InChI is InChI=1S/C20H20Cl2N2O5/c1-4-29-7-5-6-24-19(26)13(10-23)11(2)16(20(24)27)17(25)12-8-14(21)18(28-3)15(22)9-12/h8-9,27H,4-7H2,1-3H3. The van der Waals surface area contributed by atoms with Crippen molar-refractivity contribution >= 4 is 29.0 Å². The second kappa shape index (κ2) is 9.79. The minimum absolute atomic E-state index is 0.0857. The van der Waals surface area contributed by atoms with E-state index >= 15 is 0 Å². The highest BCUT2D eigenvalue weighted by atomic mass is 35.5. The molecule has 0 fully saturated rings. The molecule has 1 N–H and O–H groups in total. The summed E-state index contributed by atoms with van der Waals surface area (Å²) in [7, 11) is 1.39. The van der Waals surface area contributed by atoms with E-state index in [1.165, 1.54) is 26.2 Å². The van der Waals surface area contributed by atoms with Crippen molar-refractivity contribution in [3.63, 3.8) is 0 Å². The summed E-state index contributed by atoms with van der Waals surface area (Å²) in [6.45, 7) is 4.24. The van der Waals surface area contributed by atoms with Gasteiger partial charge < -0.3 is 14.6 Å². The van der Waals surface area contributed by atoms with Crippen LogP contribution in [0.15, 0.2) is 16.9 Å². The van der Waals surface area contributed by atoms with Crippen LogP contribution in [0.25, 0.3) is 0 Å². The van der Waals surface area contributed by atoms with Crippen LogP contribution >= 0.6 is 23.2 Å². The maximum Gasteiger partial charge on any atom is 0.271 e. The van der Waals surface area contributed by atoms with Gasteiger partial charge in [-0.2, -0.15) is 5.26 Å². The molecule has 0 aliphatic heterocycles. The molecule has 0 spiro atoms. The number of benzene rings is 1. The van der Waals surface area contributed by atoms with Gasteiger partial charge in [-0.05, 0) is 38.0 Å². The minimum atomic E-state index is -0.665. The highest BCUT2D eigenvalue weighted by Gasteiger charge is 2.26. The number of pyridine rings is 1. The molecule has 0 radical (unpaired) electrons. The lowest BCUT2D eigenvalue weighted by Crippen LogP contribution is -2.27. The average Bonchev–Trinajstić information content (AvgIpc) is 2.67. The van der Waals surface area contributed by atoms with Crippen LogP contribution in [0.4, 0.5) is 0 Å². The van der Waals surface area contributed by atoms with E-state index in [0.29, 0.717) is 19.6 Å². The molecule has 154 valence electrons. The fourth-order valence-corrected chi connectivity index (χ4v) is 3.57. The first-order valence-corrected chi connectivity index (χ1v) is 9.55. The summed E-state index contributed by atoms with van der Waals surface area (Å²) in [5.41, 5.74) is -0.865. The molecule has 1 aromatic carbocycles. The van der Waals surface area contributed by atoms with Gasteiger partial charge in [0.05, 0.1) is 22.7 Å². The van der Waals surface area contributed by atoms with Crippen molar-refractivity contribution in [1.82, 2.24) is 4.57 Å². The van der Waals surface area contributed by atoms with Crippen molar-refractivity contribution in [1.29, 1.82) is 5.26 Å². The third-order valence-corrected chi connectivity index (χ3v) is 4.93. The molecule has 29 heavy (non-hydrogen) atoms. The number of methoxy groups -OCH3 is 1. The molecule has 0 saturated carbocycles. The van der Waals surface area contributed by atoms with Crippen LogP contribution < -0.4 is 10.3 Å². The Balaban J connectivity index is 2.61. The van der Waals surface area contributed by atoms with Crippen LogP contribution in [-0.4, -0.2) is 35.8 Å². The molecule has 1 aromatic heterocycles. The Labute approximate surface area is 178 Å². The van der Waals surface area contributed by atoms with Crippen molar-refractivity contribution in [3.8, 4) is 17.7 Å². The summed E-state index contributed by atoms with van der Waals surface area (Å²) in [4.78, 5) is 25.7. The van der Waals surface area contributed by atoms with Gasteiger partial charge in [-0.25, -0.2) is 0 Å². The molecule has 2 aromatic rings. The maximum absolute atomic E-state index is 13.1. The number of aromatic nitrogens is 1. The highest BCUT2D eigenvalue weighted by molar-refractivity contribution is 6.38. The molecule has 0 bridgehead atoms. The Hall–Kier alpha value is -2.53. The van der Waals surface area contributed by atoms with Gasteiger partial charge in [-0.3, -0.25) is 14.2 Å². The van der Waals surface area contributed by atoms with Crippen LogP contribution in [0.5, 0.6) is 11.6 Å². The molecule has 7 nitrogen and oxygen atoms in total. The van der Waals surface area contributed by atoms with Crippen molar-refractivity contribution in [2.24, 2.45) is 0 Å². The zero-order valence-electron chi connectivity index (χ0n) is 16.2. The molecule has 0 atom stereocenters. The van der Waals surface area contributed by atoms with Crippen molar-refractivity contribution in [2.45, 2.75) is 26.8 Å². The third kappa shape index (κ3) is 4.56. The van der Waals surface area contributed by atoms with Crippen LogP contribution in [0.1, 0.15) is 40.4 Å². The molecule has 9 heteroatoms. The summed E-state index contributed by atoms with van der Waals surface area (Å²) in [5.74, 6) is -0.929. The maximum atomic E-state index is 13.1. The predicted octanol–water partition coefficient (Wildman–Crippen LogP) is 3.71. The number of hydrogen-bond acceptors (Lipinski definition) is 6. The number of hydrogen-bond donors (Lipinski definition) is 1. The molecule has 0 unspecified atom stereocenters. The van der Waals surface area contributed by atoms with Crippen LogP contribution in [0.2, 0.25) is 10.0 Å². The van der Waals surface area contributed by atoms with Gasteiger partial charge in [0.2, 0.25) is 5.88 Å². The Morgan fingerprint density at radius 3 is 2.45 bits per heavy atom. The first kappa shape index (κ1) is 22.8. The molecular weight excluding hydrogens is 419 g/mol. The number of aromatic hydroxyl groups is 1. The molecule has 1 heterocycles. The summed E-state index contributed by atoms with van der Waals surface area (Å²) >= 11 is 12.2. The number of carbonyl (C=O) groups excluding carboxylic acids is 1. The monoisotopic (exact) mass is 438 g/mol. The van der Waals surface area contributed by atoms with Crippen molar-refractivity contribution < 1.29 is 19.4 Å². The lowest BCUT2D eigenvalue weighted by atomic mass is 9.97. The lowest BCUT2D eigenvalue weighted by Gasteiger charge is -2.16. The third-order valence-electron chi connectivity index (χ3n) is 4.37. The van der Waals surface area contributed by atoms with Gasteiger partial charge in [0.25, 0.3) is 5.56 Å². The minimum Gasteiger partial charge on any atom is -0.494 e. The number of nitrogens with zero attached hydrogens (tertiary/aromatic N) is 2. The van der Waals surface area contributed by atoms with Gasteiger partial charge in [-0.1, -0.05) is 23.2 Å². The summed E-state index contributed by atoms with van der Waals surface area (Å²) in [6.07, 6.45) is 0.420. The van der Waals surface area contributed by atoms with Gasteiger partial charge in [0, 0.05) is 25.3 Å². The normalized spacial score (nSPS) is 10.6. The second-order valence-corrected chi connectivity index (χ2v) is 6.93. The average molecular weight is 439 g/mol. The van der Waals surface area contributed by atoms with E-state index in [2.05, 4.69) is 0 Å². The smallest absolute Gasteiger partial charge is 0.271 e. The van der Waals surface area contributed by atoms with Gasteiger partial charge in [0.15, 0.2) is 11.5 Å². The van der Waals surface area contributed by atoms with Crippen LogP contribution in [0.3, 0.4) is 0 Å². The number of ether oxygens (including phenoxy) is 2. The van der Waals surface area contributed by atoms with Gasteiger partial charge >= 0.3 is 0 Å². The largest absolute Gasteiger partial charge is 0.494 e. The molecule has 0 amide bonds. The van der Waals surface area contributed by atoms with E-state index in [4.69, 9.17) is 32.7 Å². The van der Waals surface area contributed by atoms with E-state index in [9.17, 15) is 20.0 Å². The zero-order chi connectivity index (χ0) is 21.7. The first-order valence-electron chi connectivity index (χ1n) is 8.80. The fraction of sp³-hybridized carbons (Fsp3) is 0.350. The van der Waals surface area contributed by atoms with E-state index in [0.717, 1.165) is 4.57 Å². The summed E-state index contributed by atoms with van der Waals surface area (Å²) in [6, 6.07) is 4.52. The van der Waals surface area contributed by atoms with E-state index in [1.54, 1.807) is 0 Å². The van der Waals surface area contributed by atoms with Crippen LogP contribution in [-0.2, 0) is 11.3 Å². The van der Waals surface area contributed by atoms with E-state index < -0.39 is 17.2 Å². The molecule has 0 aliphatic carbocycles. The fourth-order valence-electron chi connectivity index (χ4n) is 2.93. The lowest BCUT2D eigenvalue weighted by molar-refractivity contribution is 0.103. The second-order valence-electron chi connectivity index (χ2n) is 6.12. The molecule has 0 aliphatic rings. The quantitative estimate of drug-likeness (QED) is 0.497. The summed E-state index contributed by atoms with van der Waals surface area (Å²) < 4.78 is 11.3. The molecule has 0 saturated heterocycles. The number of ketones is 1. The number of halogens is 2. The van der Waals surface area contributed by atoms with Gasteiger partial charge in [0.1, 0.15) is 11.6 Å². The van der Waals surface area contributed by atoms with Crippen molar-refractivity contribution in [3.05, 3.63) is 54.8 Å². The summed E-state index contributed by atoms with van der Waals surface area (Å²) in [5, 5.41) is 20.4. The first-order chi connectivity index (χ1) is 13.8. The predicted molar refractivity (Wildman–Crippen MR) is 109 cm³/mol. The Morgan fingerprint density at radius 1 is 1.31 bits per heavy atom. The van der Waals surface area contributed by atoms with Crippen LogP contribution in [0, 0.1) is 18.3 Å². The van der Waals surface area contributed by atoms with E-state index in [1.807, 2.05) is 13.0 Å². The highest BCUT2D eigenvalue weighted by Crippen LogP contribution is 2.35. The zero-order valence-corrected chi connectivity index (χ0v) is 17.7. The number of nitriles is 1. The molecule has 2 rings (SSSR count). The molecular formula is C20H20Cl2N2O5. The van der Waals surface area contributed by atoms with E-state index in [-0.39, 0.29) is 44.6 Å². The van der Waals surface area contributed by atoms with Crippen molar-refractivity contribution in [2.75, 3.05) is 20.3 Å². The van der Waals surface area contributed by atoms with Gasteiger partial charge in [-0.15, -0.1) is 0 Å². The topological polar surface area (TPSA) is 102 Å². The SMILES string of the molecule is CCOCCCn1c(O)c(C(=O)c2cc(Cl)c(OC)c(Cl)c2)c(C)c(C#N)c1=O. The number of rotatable bonds is 8. The Kier molecular flexibility index (Phi) is 7.68. The Bertz CT molecular complexity index is 1020.